The molecule has 1 aromatic rings. The van der Waals surface area contributed by atoms with Crippen LogP contribution >= 0.6 is 0 Å². The Kier molecular flexibility index (Phi) is 3.64. The number of hydrogen-bond donors (Lipinski definition) is 2. The van der Waals surface area contributed by atoms with Gasteiger partial charge in [0.1, 0.15) is 5.75 Å². The van der Waals surface area contributed by atoms with Gasteiger partial charge in [0.25, 0.3) is 0 Å². The summed E-state index contributed by atoms with van der Waals surface area (Å²) in [4.78, 5) is 6.70. The molecule has 0 amide bonds. The largest absolute Gasteiger partial charge is 0.506 e. The van der Waals surface area contributed by atoms with Crippen molar-refractivity contribution in [2.45, 2.75) is 32.9 Å². The summed E-state index contributed by atoms with van der Waals surface area (Å²) < 4.78 is 0. The number of pyridine rings is 1. The maximum Gasteiger partial charge on any atom is 0.138 e. The average Bonchev–Trinajstić information content (AvgIpc) is 2.29. The Bertz CT molecular complexity index is 394. The molecule has 1 fully saturated rings. The van der Waals surface area contributed by atoms with Crippen LogP contribution in [0, 0.1) is 12.8 Å². The molecule has 1 aliphatic rings. The molecule has 0 aromatic carbocycles. The van der Waals surface area contributed by atoms with Crippen molar-refractivity contribution in [1.29, 1.82) is 0 Å². The van der Waals surface area contributed by atoms with Crippen LogP contribution in [0.25, 0.3) is 0 Å². The maximum absolute atomic E-state index is 9.77. The fourth-order valence-corrected chi connectivity index (χ4v) is 2.33. The molecule has 0 aliphatic carbocycles. The normalized spacial score (nSPS) is 26.1. The molecule has 2 rings (SSSR count). The zero-order valence-electron chi connectivity index (χ0n) is 10.6. The second-order valence-electron chi connectivity index (χ2n) is 5.08. The third-order valence-corrected chi connectivity index (χ3v) is 3.52. The molecule has 2 heterocycles. The lowest BCUT2D eigenvalue weighted by atomic mass is 9.95. The molecule has 2 unspecified atom stereocenters. The number of nitrogens with zero attached hydrogens (tertiary/aromatic N) is 2. The second-order valence-corrected chi connectivity index (χ2v) is 5.08. The van der Waals surface area contributed by atoms with Crippen molar-refractivity contribution < 1.29 is 5.11 Å². The fourth-order valence-electron chi connectivity index (χ4n) is 2.33. The van der Waals surface area contributed by atoms with Gasteiger partial charge in [0, 0.05) is 31.4 Å². The van der Waals surface area contributed by atoms with Gasteiger partial charge in [-0.2, -0.15) is 0 Å². The van der Waals surface area contributed by atoms with Crippen molar-refractivity contribution in [2.24, 2.45) is 11.7 Å². The van der Waals surface area contributed by atoms with Crippen LogP contribution in [-0.4, -0.2) is 34.1 Å². The van der Waals surface area contributed by atoms with Crippen molar-refractivity contribution in [3.63, 3.8) is 0 Å². The quantitative estimate of drug-likeness (QED) is 0.810. The van der Waals surface area contributed by atoms with E-state index in [1.807, 2.05) is 13.0 Å². The van der Waals surface area contributed by atoms with Crippen LogP contribution in [0.5, 0.6) is 5.75 Å². The van der Waals surface area contributed by atoms with E-state index in [2.05, 4.69) is 16.8 Å². The number of likely N-dealkylation sites (tertiary alicyclic amines) is 1. The first-order valence-corrected chi connectivity index (χ1v) is 6.19. The molecule has 0 bridgehead atoms. The number of hydrogen-bond acceptors (Lipinski definition) is 4. The van der Waals surface area contributed by atoms with Gasteiger partial charge in [0.05, 0.1) is 5.69 Å². The molecule has 17 heavy (non-hydrogen) atoms. The molecule has 0 radical (unpaired) electrons. The van der Waals surface area contributed by atoms with Gasteiger partial charge in [0.2, 0.25) is 0 Å². The third kappa shape index (κ3) is 2.96. The van der Waals surface area contributed by atoms with Crippen LogP contribution in [0.3, 0.4) is 0 Å². The first kappa shape index (κ1) is 12.3. The zero-order valence-corrected chi connectivity index (χ0v) is 10.6. The summed E-state index contributed by atoms with van der Waals surface area (Å²) in [6.45, 7) is 6.80. The highest BCUT2D eigenvalue weighted by Crippen LogP contribution is 2.21. The van der Waals surface area contributed by atoms with Crippen LogP contribution in [0.15, 0.2) is 12.1 Å². The number of aromatic hydroxyl groups is 1. The van der Waals surface area contributed by atoms with Gasteiger partial charge >= 0.3 is 0 Å². The standard InChI is InChI=1S/C13H21N3O/c1-9-7-16(6-5-11(9)14)8-12-13(17)4-3-10(2)15-12/h3-4,9,11,17H,5-8,14H2,1-2H3. The molecule has 3 N–H and O–H groups in total. The Morgan fingerprint density at radius 1 is 1.53 bits per heavy atom. The minimum atomic E-state index is 0.290. The van der Waals surface area contributed by atoms with Crippen LogP contribution in [0.1, 0.15) is 24.7 Å². The highest BCUT2D eigenvalue weighted by molar-refractivity contribution is 5.27. The molecule has 4 nitrogen and oxygen atoms in total. The molecule has 1 aliphatic heterocycles. The first-order valence-electron chi connectivity index (χ1n) is 6.19. The van der Waals surface area contributed by atoms with Crippen LogP contribution in [-0.2, 0) is 6.54 Å². The zero-order chi connectivity index (χ0) is 12.4. The van der Waals surface area contributed by atoms with Crippen LogP contribution in [0.4, 0.5) is 0 Å². The van der Waals surface area contributed by atoms with Gasteiger partial charge < -0.3 is 10.8 Å². The molecule has 0 spiro atoms. The number of aromatic nitrogens is 1. The lowest BCUT2D eigenvalue weighted by Gasteiger charge is -2.34. The predicted octanol–water partition coefficient (Wildman–Crippen LogP) is 1.26. The van der Waals surface area contributed by atoms with Gasteiger partial charge in [0.15, 0.2) is 0 Å². The van der Waals surface area contributed by atoms with E-state index in [9.17, 15) is 5.11 Å². The van der Waals surface area contributed by atoms with Gasteiger partial charge in [-0.05, 0) is 31.4 Å². The van der Waals surface area contributed by atoms with Crippen molar-refractivity contribution >= 4 is 0 Å². The summed E-state index contributed by atoms with van der Waals surface area (Å²) in [7, 11) is 0. The van der Waals surface area contributed by atoms with Crippen molar-refractivity contribution in [2.75, 3.05) is 13.1 Å². The molecular formula is C13H21N3O. The van der Waals surface area contributed by atoms with Crippen molar-refractivity contribution in [3.05, 3.63) is 23.5 Å². The summed E-state index contributed by atoms with van der Waals surface area (Å²) in [6, 6.07) is 3.86. The topological polar surface area (TPSA) is 62.4 Å². The number of rotatable bonds is 2. The Hall–Kier alpha value is -1.13. The van der Waals surface area contributed by atoms with Crippen molar-refractivity contribution in [1.82, 2.24) is 9.88 Å². The number of nitrogens with two attached hydrogens (primary N) is 1. The van der Waals surface area contributed by atoms with Gasteiger partial charge in [-0.3, -0.25) is 9.88 Å². The summed E-state index contributed by atoms with van der Waals surface area (Å²) in [5.41, 5.74) is 7.71. The summed E-state index contributed by atoms with van der Waals surface area (Å²) in [6.07, 6.45) is 1.02. The summed E-state index contributed by atoms with van der Waals surface area (Å²) in [5.74, 6) is 0.800. The second kappa shape index (κ2) is 5.02. The molecular weight excluding hydrogens is 214 g/mol. The average molecular weight is 235 g/mol. The SMILES string of the molecule is Cc1ccc(O)c(CN2CCC(N)C(C)C2)n1. The predicted molar refractivity (Wildman–Crippen MR) is 67.7 cm³/mol. The van der Waals surface area contributed by atoms with E-state index in [4.69, 9.17) is 5.73 Å². The number of piperidine rings is 1. The molecule has 94 valence electrons. The van der Waals surface area contributed by atoms with Gasteiger partial charge in [-0.1, -0.05) is 6.92 Å². The van der Waals surface area contributed by atoms with E-state index in [0.29, 0.717) is 18.5 Å². The lowest BCUT2D eigenvalue weighted by Crippen LogP contribution is -2.45. The van der Waals surface area contributed by atoms with E-state index in [-0.39, 0.29) is 5.75 Å². The molecule has 1 aromatic heterocycles. The van der Waals surface area contributed by atoms with Crippen LogP contribution < -0.4 is 5.73 Å². The lowest BCUT2D eigenvalue weighted by molar-refractivity contribution is 0.155. The maximum atomic E-state index is 9.77. The van der Waals surface area contributed by atoms with E-state index < -0.39 is 0 Å². The molecule has 0 saturated carbocycles. The molecule has 4 heteroatoms. The highest BCUT2D eigenvalue weighted by Gasteiger charge is 2.23. The van der Waals surface area contributed by atoms with Crippen molar-refractivity contribution in [3.8, 4) is 5.75 Å². The Morgan fingerprint density at radius 3 is 3.00 bits per heavy atom. The Morgan fingerprint density at radius 2 is 2.29 bits per heavy atom. The third-order valence-electron chi connectivity index (χ3n) is 3.52. The molecule has 1 saturated heterocycles. The minimum Gasteiger partial charge on any atom is -0.506 e. The minimum absolute atomic E-state index is 0.290. The Labute approximate surface area is 102 Å². The number of aryl methyl sites for hydroxylation is 1. The fraction of sp³-hybridized carbons (Fsp3) is 0.615. The highest BCUT2D eigenvalue weighted by atomic mass is 16.3. The summed E-state index contributed by atoms with van der Waals surface area (Å²) in [5, 5.41) is 9.77. The van der Waals surface area contributed by atoms with E-state index >= 15 is 0 Å². The molecule has 2 atom stereocenters. The first-order chi connectivity index (χ1) is 8.06. The van der Waals surface area contributed by atoms with E-state index in [1.165, 1.54) is 0 Å². The monoisotopic (exact) mass is 235 g/mol. The smallest absolute Gasteiger partial charge is 0.138 e. The van der Waals surface area contributed by atoms with E-state index in [0.717, 1.165) is 30.9 Å². The summed E-state index contributed by atoms with van der Waals surface area (Å²) >= 11 is 0. The van der Waals surface area contributed by atoms with E-state index in [1.54, 1.807) is 6.07 Å². The van der Waals surface area contributed by atoms with Gasteiger partial charge in [-0.15, -0.1) is 0 Å². The van der Waals surface area contributed by atoms with Crippen LogP contribution in [0.2, 0.25) is 0 Å². The Balaban J connectivity index is 2.03. The van der Waals surface area contributed by atoms with Gasteiger partial charge in [-0.25, -0.2) is 0 Å².